The molecule has 1 heterocycles. The summed E-state index contributed by atoms with van der Waals surface area (Å²) in [4.78, 5) is 32.6. The zero-order valence-electron chi connectivity index (χ0n) is 15.5. The molecule has 1 aromatic heterocycles. The minimum atomic E-state index is -0.897. The first-order valence-corrected chi connectivity index (χ1v) is 9.38. The number of aromatic nitrogens is 2. The Bertz CT molecular complexity index is 808. The maximum Gasteiger partial charge on any atom is 0.305 e. The monoisotopic (exact) mass is 367 g/mol. The number of aryl methyl sites for hydroxylation is 3. The van der Waals surface area contributed by atoms with Gasteiger partial charge in [-0.05, 0) is 50.2 Å². The van der Waals surface area contributed by atoms with Gasteiger partial charge in [-0.1, -0.05) is 30.3 Å². The van der Waals surface area contributed by atoms with Crippen molar-refractivity contribution in [3.05, 3.63) is 59.2 Å². The molecular weight excluding hydrogens is 342 g/mol. The quantitative estimate of drug-likeness (QED) is 0.784. The van der Waals surface area contributed by atoms with Gasteiger partial charge in [0.15, 0.2) is 0 Å². The van der Waals surface area contributed by atoms with Gasteiger partial charge in [-0.25, -0.2) is 9.97 Å². The molecular formula is C21H25N3O3. The normalized spacial score (nSPS) is 17.0. The molecule has 0 spiro atoms. The van der Waals surface area contributed by atoms with Gasteiger partial charge in [-0.2, -0.15) is 0 Å². The summed E-state index contributed by atoms with van der Waals surface area (Å²) in [6, 6.07) is 9.53. The van der Waals surface area contributed by atoms with Crippen LogP contribution in [-0.2, 0) is 28.9 Å². The molecule has 3 rings (SSSR count). The van der Waals surface area contributed by atoms with Gasteiger partial charge in [0.1, 0.15) is 5.82 Å². The van der Waals surface area contributed by atoms with E-state index in [1.54, 1.807) is 6.20 Å². The van der Waals surface area contributed by atoms with Crippen molar-refractivity contribution in [3.63, 3.8) is 0 Å². The van der Waals surface area contributed by atoms with Crippen LogP contribution in [-0.4, -0.2) is 33.0 Å². The van der Waals surface area contributed by atoms with Crippen LogP contribution in [0.2, 0.25) is 0 Å². The highest BCUT2D eigenvalue weighted by Crippen LogP contribution is 2.24. The number of hydrogen-bond acceptors (Lipinski definition) is 4. The standard InChI is InChI=1S/C21H25N3O3/c1-14-22-13-17-11-16(8-10-19(17)23-14)21(27)24-18(12-20(25)26)9-7-15-5-3-2-4-6-15/h2-6,13,16,18H,7-12H2,1H3,(H,24,27)(H,25,26)/t16?,18-/m1/s1. The average molecular weight is 367 g/mol. The summed E-state index contributed by atoms with van der Waals surface area (Å²) in [7, 11) is 0. The lowest BCUT2D eigenvalue weighted by atomic mass is 9.86. The third kappa shape index (κ3) is 5.36. The van der Waals surface area contributed by atoms with Crippen molar-refractivity contribution < 1.29 is 14.7 Å². The van der Waals surface area contributed by atoms with E-state index in [1.165, 1.54) is 0 Å². The predicted molar refractivity (Wildman–Crippen MR) is 101 cm³/mol. The maximum atomic E-state index is 12.7. The second-order valence-electron chi connectivity index (χ2n) is 7.16. The molecule has 0 radical (unpaired) electrons. The molecule has 27 heavy (non-hydrogen) atoms. The van der Waals surface area contributed by atoms with E-state index in [0.29, 0.717) is 12.8 Å². The first kappa shape index (κ1) is 19.0. The Morgan fingerprint density at radius 3 is 2.81 bits per heavy atom. The lowest BCUT2D eigenvalue weighted by Crippen LogP contribution is -2.42. The number of hydrogen-bond donors (Lipinski definition) is 2. The molecule has 2 atom stereocenters. The number of carbonyl (C=O) groups is 2. The van der Waals surface area contributed by atoms with Crippen molar-refractivity contribution in [2.75, 3.05) is 0 Å². The number of carboxylic acids is 1. The Balaban J connectivity index is 1.60. The highest BCUT2D eigenvalue weighted by Gasteiger charge is 2.27. The molecule has 142 valence electrons. The Morgan fingerprint density at radius 2 is 2.07 bits per heavy atom. The van der Waals surface area contributed by atoms with E-state index >= 15 is 0 Å². The van der Waals surface area contributed by atoms with Crippen LogP contribution in [0, 0.1) is 12.8 Å². The fraction of sp³-hybridized carbons (Fsp3) is 0.429. The number of benzene rings is 1. The van der Waals surface area contributed by atoms with Gasteiger partial charge < -0.3 is 10.4 Å². The van der Waals surface area contributed by atoms with E-state index in [1.807, 2.05) is 37.3 Å². The fourth-order valence-electron chi connectivity index (χ4n) is 3.57. The number of aliphatic carboxylic acids is 1. The number of rotatable bonds is 7. The summed E-state index contributed by atoms with van der Waals surface area (Å²) >= 11 is 0. The molecule has 0 bridgehead atoms. The molecule has 2 N–H and O–H groups in total. The summed E-state index contributed by atoms with van der Waals surface area (Å²) in [6.45, 7) is 1.86. The first-order valence-electron chi connectivity index (χ1n) is 9.38. The van der Waals surface area contributed by atoms with Crippen LogP contribution in [0.5, 0.6) is 0 Å². The minimum Gasteiger partial charge on any atom is -0.481 e. The molecule has 0 aliphatic heterocycles. The van der Waals surface area contributed by atoms with Gasteiger partial charge in [0.05, 0.1) is 6.42 Å². The summed E-state index contributed by atoms with van der Waals surface area (Å²) in [5.74, 6) is -0.373. The van der Waals surface area contributed by atoms with Crippen LogP contribution >= 0.6 is 0 Å². The number of carbonyl (C=O) groups excluding carboxylic acids is 1. The molecule has 1 unspecified atom stereocenters. The molecule has 6 nitrogen and oxygen atoms in total. The molecule has 1 amide bonds. The van der Waals surface area contributed by atoms with Crippen molar-refractivity contribution in [2.45, 2.75) is 51.5 Å². The summed E-state index contributed by atoms with van der Waals surface area (Å²) in [5, 5.41) is 12.2. The van der Waals surface area contributed by atoms with Crippen molar-refractivity contribution in [1.82, 2.24) is 15.3 Å². The molecule has 1 aliphatic carbocycles. The molecule has 6 heteroatoms. The first-order chi connectivity index (χ1) is 13.0. The Labute approximate surface area is 159 Å². The van der Waals surface area contributed by atoms with Crippen LogP contribution in [0.4, 0.5) is 0 Å². The highest BCUT2D eigenvalue weighted by molar-refractivity contribution is 5.80. The smallest absolute Gasteiger partial charge is 0.305 e. The Kier molecular flexibility index (Phi) is 6.16. The van der Waals surface area contributed by atoms with Gasteiger partial charge in [0, 0.05) is 23.9 Å². The van der Waals surface area contributed by atoms with Crippen molar-refractivity contribution in [3.8, 4) is 0 Å². The number of carboxylic acid groups (broad SMARTS) is 1. The SMILES string of the molecule is Cc1ncc2c(n1)CCC(C(=O)N[C@H](CCc1ccccc1)CC(=O)O)C2. The topological polar surface area (TPSA) is 92.2 Å². The van der Waals surface area contributed by atoms with Crippen molar-refractivity contribution in [2.24, 2.45) is 5.92 Å². The van der Waals surface area contributed by atoms with E-state index in [-0.39, 0.29) is 24.3 Å². The third-order valence-corrected chi connectivity index (χ3v) is 5.03. The number of amides is 1. The highest BCUT2D eigenvalue weighted by atomic mass is 16.4. The largest absolute Gasteiger partial charge is 0.481 e. The molecule has 0 fully saturated rings. The molecule has 0 saturated carbocycles. The third-order valence-electron chi connectivity index (χ3n) is 5.03. The maximum absolute atomic E-state index is 12.7. The van der Waals surface area contributed by atoms with Crippen LogP contribution in [0.3, 0.4) is 0 Å². The van der Waals surface area contributed by atoms with Crippen LogP contribution < -0.4 is 5.32 Å². The Morgan fingerprint density at radius 1 is 1.30 bits per heavy atom. The molecule has 1 aromatic carbocycles. The summed E-state index contributed by atoms with van der Waals surface area (Å²) in [5.41, 5.74) is 3.19. The molecule has 0 saturated heterocycles. The molecule has 1 aliphatic rings. The zero-order chi connectivity index (χ0) is 19.2. The van der Waals surface area contributed by atoms with E-state index in [2.05, 4.69) is 15.3 Å². The number of nitrogens with zero attached hydrogens (tertiary/aromatic N) is 2. The average Bonchev–Trinajstić information content (AvgIpc) is 2.66. The van der Waals surface area contributed by atoms with Crippen LogP contribution in [0.1, 0.15) is 41.9 Å². The van der Waals surface area contributed by atoms with Gasteiger partial charge in [0.25, 0.3) is 0 Å². The second-order valence-corrected chi connectivity index (χ2v) is 7.16. The van der Waals surface area contributed by atoms with Crippen LogP contribution in [0.15, 0.2) is 36.5 Å². The summed E-state index contributed by atoms with van der Waals surface area (Å²) in [6.07, 6.45) is 5.18. The van der Waals surface area contributed by atoms with Gasteiger partial charge >= 0.3 is 5.97 Å². The van der Waals surface area contributed by atoms with E-state index < -0.39 is 5.97 Å². The zero-order valence-corrected chi connectivity index (χ0v) is 15.5. The van der Waals surface area contributed by atoms with Crippen molar-refractivity contribution in [1.29, 1.82) is 0 Å². The van der Waals surface area contributed by atoms with Crippen LogP contribution in [0.25, 0.3) is 0 Å². The second kappa shape index (κ2) is 8.75. The predicted octanol–water partition coefficient (Wildman–Crippen LogP) is 2.48. The van der Waals surface area contributed by atoms with Gasteiger partial charge in [-0.15, -0.1) is 0 Å². The fourth-order valence-corrected chi connectivity index (χ4v) is 3.57. The molecule has 2 aromatic rings. The van der Waals surface area contributed by atoms with Gasteiger partial charge in [-0.3, -0.25) is 9.59 Å². The van der Waals surface area contributed by atoms with E-state index in [4.69, 9.17) is 0 Å². The minimum absolute atomic E-state index is 0.0653. The summed E-state index contributed by atoms with van der Waals surface area (Å²) < 4.78 is 0. The lowest BCUT2D eigenvalue weighted by molar-refractivity contribution is -0.137. The lowest BCUT2D eigenvalue weighted by Gasteiger charge is -2.25. The van der Waals surface area contributed by atoms with Crippen molar-refractivity contribution >= 4 is 11.9 Å². The number of nitrogens with one attached hydrogen (secondary N) is 1. The van der Waals surface area contributed by atoms with E-state index in [0.717, 1.165) is 41.9 Å². The number of fused-ring (bicyclic) bond motifs is 1. The van der Waals surface area contributed by atoms with E-state index in [9.17, 15) is 14.7 Å². The van der Waals surface area contributed by atoms with Gasteiger partial charge in [0.2, 0.25) is 5.91 Å². The Hall–Kier alpha value is -2.76.